The van der Waals surface area contributed by atoms with Crippen LogP contribution in [0.5, 0.6) is 0 Å². The van der Waals surface area contributed by atoms with Crippen molar-refractivity contribution in [3.05, 3.63) is 71.0 Å². The SMILES string of the molecule is CN(/N=C(\C=C(/C=O)C(=O)NCC(O)C(F)(F)F)c1ccc(Cl)cc1)c1cccnc1. The number of alkyl halides is 3. The summed E-state index contributed by atoms with van der Waals surface area (Å²) >= 11 is 5.90. The second-order valence-electron chi connectivity index (χ2n) is 6.21. The summed E-state index contributed by atoms with van der Waals surface area (Å²) in [5, 5.41) is 17.2. The van der Waals surface area contributed by atoms with Gasteiger partial charge in [-0.15, -0.1) is 0 Å². The molecule has 1 amide bonds. The van der Waals surface area contributed by atoms with Crippen molar-refractivity contribution in [2.45, 2.75) is 12.3 Å². The molecule has 1 heterocycles. The first-order chi connectivity index (χ1) is 14.6. The minimum atomic E-state index is -4.90. The maximum atomic E-state index is 12.4. The zero-order chi connectivity index (χ0) is 23.0. The number of carbonyl (C=O) groups excluding carboxylic acids is 2. The summed E-state index contributed by atoms with van der Waals surface area (Å²) in [6.45, 7) is -1.10. The molecule has 1 aromatic heterocycles. The molecule has 2 aromatic rings. The molecule has 0 saturated carbocycles. The van der Waals surface area contributed by atoms with Crippen LogP contribution in [0.15, 0.2) is 65.5 Å². The van der Waals surface area contributed by atoms with Crippen LogP contribution in [0.4, 0.5) is 18.9 Å². The molecule has 0 aliphatic carbocycles. The number of aldehydes is 1. The Labute approximate surface area is 180 Å². The van der Waals surface area contributed by atoms with Crippen LogP contribution >= 0.6 is 11.6 Å². The third-order valence-corrected chi connectivity index (χ3v) is 4.18. The third kappa shape index (κ3) is 7.19. The van der Waals surface area contributed by atoms with Crippen LogP contribution in [0.25, 0.3) is 0 Å². The number of aliphatic hydroxyl groups is 1. The molecule has 0 spiro atoms. The van der Waals surface area contributed by atoms with E-state index >= 15 is 0 Å². The van der Waals surface area contributed by atoms with Crippen LogP contribution < -0.4 is 10.3 Å². The summed E-state index contributed by atoms with van der Waals surface area (Å²) in [6.07, 6.45) is -3.24. The molecule has 1 unspecified atom stereocenters. The number of aromatic nitrogens is 1. The minimum absolute atomic E-state index is 0.164. The second-order valence-corrected chi connectivity index (χ2v) is 6.65. The van der Waals surface area contributed by atoms with E-state index in [2.05, 4.69) is 10.1 Å². The van der Waals surface area contributed by atoms with Gasteiger partial charge in [-0.25, -0.2) is 0 Å². The Kier molecular flexibility index (Phi) is 8.29. The van der Waals surface area contributed by atoms with Gasteiger partial charge in [0.2, 0.25) is 0 Å². The molecule has 0 aliphatic heterocycles. The third-order valence-electron chi connectivity index (χ3n) is 3.93. The smallest absolute Gasteiger partial charge is 0.382 e. The number of benzene rings is 1. The van der Waals surface area contributed by atoms with Crippen LogP contribution in [0.3, 0.4) is 0 Å². The number of carbonyl (C=O) groups is 2. The van der Waals surface area contributed by atoms with Crippen LogP contribution in [0, 0.1) is 0 Å². The normalized spacial score (nSPS) is 13.5. The topological polar surface area (TPSA) is 94.9 Å². The van der Waals surface area contributed by atoms with Gasteiger partial charge >= 0.3 is 6.18 Å². The maximum absolute atomic E-state index is 12.4. The Morgan fingerprint density at radius 3 is 2.55 bits per heavy atom. The summed E-state index contributed by atoms with van der Waals surface area (Å²) in [7, 11) is 1.61. The van der Waals surface area contributed by atoms with Crippen molar-refractivity contribution in [2.24, 2.45) is 5.10 Å². The number of anilines is 1. The van der Waals surface area contributed by atoms with Crippen molar-refractivity contribution in [1.29, 1.82) is 0 Å². The number of rotatable bonds is 8. The van der Waals surface area contributed by atoms with E-state index in [4.69, 9.17) is 16.7 Å². The first-order valence-electron chi connectivity index (χ1n) is 8.80. The van der Waals surface area contributed by atoms with Crippen molar-refractivity contribution < 1.29 is 27.9 Å². The second kappa shape index (κ2) is 10.7. The molecule has 1 atom stereocenters. The summed E-state index contributed by atoms with van der Waals surface area (Å²) in [6, 6.07) is 9.77. The van der Waals surface area contributed by atoms with Gasteiger partial charge in [-0.2, -0.15) is 18.3 Å². The number of pyridine rings is 1. The molecule has 11 heteroatoms. The Balaban J connectivity index is 2.36. The Bertz CT molecular complexity index is 964. The minimum Gasteiger partial charge on any atom is -0.382 e. The van der Waals surface area contributed by atoms with Gasteiger partial charge in [0.25, 0.3) is 5.91 Å². The average molecular weight is 455 g/mol. The first-order valence-corrected chi connectivity index (χ1v) is 9.17. The zero-order valence-electron chi connectivity index (χ0n) is 16.2. The van der Waals surface area contributed by atoms with Gasteiger partial charge in [0, 0.05) is 23.8 Å². The predicted octanol–water partition coefficient (Wildman–Crippen LogP) is 2.74. The van der Waals surface area contributed by atoms with Gasteiger partial charge in [-0.1, -0.05) is 23.7 Å². The highest BCUT2D eigenvalue weighted by atomic mass is 35.5. The fourth-order valence-electron chi connectivity index (χ4n) is 2.26. The molecule has 0 saturated heterocycles. The number of allylic oxidation sites excluding steroid dienone is 1. The van der Waals surface area contributed by atoms with Crippen molar-refractivity contribution in [2.75, 3.05) is 18.6 Å². The number of hydrogen-bond donors (Lipinski definition) is 2. The molecule has 2 N–H and O–H groups in total. The Morgan fingerprint density at radius 1 is 1.32 bits per heavy atom. The summed E-state index contributed by atoms with van der Waals surface area (Å²) in [4.78, 5) is 27.6. The number of amides is 1. The highest BCUT2D eigenvalue weighted by Crippen LogP contribution is 2.19. The molecule has 1 aromatic carbocycles. The fourth-order valence-corrected chi connectivity index (χ4v) is 2.39. The lowest BCUT2D eigenvalue weighted by molar-refractivity contribution is -0.201. The van der Waals surface area contributed by atoms with Gasteiger partial charge in [0.15, 0.2) is 12.4 Å². The lowest BCUT2D eigenvalue weighted by Gasteiger charge is -2.16. The molecule has 31 heavy (non-hydrogen) atoms. The predicted molar refractivity (Wildman–Crippen MR) is 110 cm³/mol. The molecule has 0 radical (unpaired) electrons. The van der Waals surface area contributed by atoms with Crippen LogP contribution in [0.2, 0.25) is 5.02 Å². The van der Waals surface area contributed by atoms with Crippen molar-refractivity contribution in [3.63, 3.8) is 0 Å². The number of aliphatic hydroxyl groups excluding tert-OH is 1. The molecule has 0 aliphatic rings. The highest BCUT2D eigenvalue weighted by Gasteiger charge is 2.38. The molecule has 164 valence electrons. The van der Waals surface area contributed by atoms with E-state index in [9.17, 15) is 22.8 Å². The molecular formula is C20H18ClF3N4O3. The Morgan fingerprint density at radius 2 is 2.00 bits per heavy atom. The molecule has 7 nitrogen and oxygen atoms in total. The standard InChI is InChI=1S/C20H18ClF3N4O3/c1-28(16-3-2-8-25-10-16)27-17(13-4-6-15(21)7-5-13)9-14(12-29)19(31)26-11-18(30)20(22,23)24/h2-10,12,18,30H,11H2,1H3,(H,26,31)/b14-9+,27-17+. The number of nitrogens with one attached hydrogen (secondary N) is 1. The highest BCUT2D eigenvalue weighted by molar-refractivity contribution is 6.30. The number of hydrogen-bond acceptors (Lipinski definition) is 6. The van der Waals surface area contributed by atoms with Crippen LogP contribution in [-0.2, 0) is 9.59 Å². The molecule has 0 fully saturated rings. The number of nitrogens with zero attached hydrogens (tertiary/aromatic N) is 3. The van der Waals surface area contributed by atoms with Gasteiger partial charge in [-0.05, 0) is 30.3 Å². The summed E-state index contributed by atoms with van der Waals surface area (Å²) < 4.78 is 37.3. The first kappa shape index (κ1) is 24.0. The molecule has 2 rings (SSSR count). The van der Waals surface area contributed by atoms with Gasteiger partial charge < -0.3 is 10.4 Å². The average Bonchev–Trinajstić information content (AvgIpc) is 2.75. The van der Waals surface area contributed by atoms with Crippen molar-refractivity contribution in [3.8, 4) is 0 Å². The largest absolute Gasteiger partial charge is 0.416 e. The fraction of sp³-hybridized carbons (Fsp3) is 0.200. The lowest BCUT2D eigenvalue weighted by atomic mass is 10.1. The lowest BCUT2D eigenvalue weighted by Crippen LogP contribution is -2.41. The van der Waals surface area contributed by atoms with E-state index in [1.807, 2.05) is 5.32 Å². The monoisotopic (exact) mass is 454 g/mol. The summed E-state index contributed by atoms with van der Waals surface area (Å²) in [5.74, 6) is -1.09. The number of hydrazone groups is 1. The quantitative estimate of drug-likeness (QED) is 0.160. The Hall–Kier alpha value is -3.24. The molecule has 0 bridgehead atoms. The van der Waals surface area contributed by atoms with E-state index in [-0.39, 0.29) is 12.0 Å². The van der Waals surface area contributed by atoms with Crippen molar-refractivity contribution in [1.82, 2.24) is 10.3 Å². The molecular weight excluding hydrogens is 437 g/mol. The van der Waals surface area contributed by atoms with Gasteiger partial charge in [0.05, 0.1) is 29.7 Å². The van der Waals surface area contributed by atoms with E-state index in [0.29, 0.717) is 16.3 Å². The van der Waals surface area contributed by atoms with Crippen molar-refractivity contribution >= 4 is 35.2 Å². The van der Waals surface area contributed by atoms with E-state index in [1.54, 1.807) is 55.8 Å². The zero-order valence-corrected chi connectivity index (χ0v) is 16.9. The van der Waals surface area contributed by atoms with E-state index in [0.717, 1.165) is 6.08 Å². The number of halogens is 4. The van der Waals surface area contributed by atoms with Gasteiger partial charge in [-0.3, -0.25) is 19.6 Å². The van der Waals surface area contributed by atoms with Crippen LogP contribution in [0.1, 0.15) is 5.56 Å². The van der Waals surface area contributed by atoms with E-state index < -0.39 is 30.3 Å². The maximum Gasteiger partial charge on any atom is 0.416 e. The van der Waals surface area contributed by atoms with Gasteiger partial charge in [0.1, 0.15) is 0 Å². The summed E-state index contributed by atoms with van der Waals surface area (Å²) in [5.41, 5.74) is 0.773. The van der Waals surface area contributed by atoms with Crippen LogP contribution in [-0.4, -0.2) is 53.9 Å². The van der Waals surface area contributed by atoms with E-state index in [1.165, 1.54) is 5.01 Å².